The third-order valence-corrected chi connectivity index (χ3v) is 6.59. The van der Waals surface area contributed by atoms with E-state index < -0.39 is 53.1 Å². The summed E-state index contributed by atoms with van der Waals surface area (Å²) in [6, 6.07) is 5.39. The third-order valence-electron chi connectivity index (χ3n) is 6.59. The van der Waals surface area contributed by atoms with Crippen LogP contribution >= 0.6 is 0 Å². The summed E-state index contributed by atoms with van der Waals surface area (Å²) < 4.78 is 31.1. The SMILES string of the molecule is CN[C@@H]1C(=O)C[C@@H](C)C(=O)N[C@H](C(=O)OC)Cc2cc(F)c(O)c(c2)-c2cc1ccc2OCCNC(=O)OC(C)(C)C. The van der Waals surface area contributed by atoms with Crippen LogP contribution in [0.2, 0.25) is 0 Å². The van der Waals surface area contributed by atoms with Crippen LogP contribution in [-0.4, -0.2) is 67.8 Å². The zero-order valence-corrected chi connectivity index (χ0v) is 24.6. The molecule has 0 radical (unpaired) electrons. The van der Waals surface area contributed by atoms with Gasteiger partial charge in [-0.3, -0.25) is 9.59 Å². The molecule has 0 unspecified atom stereocenters. The van der Waals surface area contributed by atoms with Gasteiger partial charge >= 0.3 is 12.1 Å². The molecule has 3 rings (SSSR count). The Kier molecular flexibility index (Phi) is 10.5. The summed E-state index contributed by atoms with van der Waals surface area (Å²) in [5.74, 6) is -3.72. The fraction of sp³-hybridized carbons (Fsp3) is 0.467. The lowest BCUT2D eigenvalue weighted by Gasteiger charge is -2.23. The Morgan fingerprint density at radius 3 is 2.48 bits per heavy atom. The number of carbonyl (C=O) groups is 4. The molecule has 4 N–H and O–H groups in total. The zero-order valence-electron chi connectivity index (χ0n) is 24.6. The fourth-order valence-corrected chi connectivity index (χ4v) is 4.58. The van der Waals surface area contributed by atoms with E-state index in [0.29, 0.717) is 11.1 Å². The number of hydrogen-bond acceptors (Lipinski definition) is 9. The maximum Gasteiger partial charge on any atom is 0.407 e. The fourth-order valence-electron chi connectivity index (χ4n) is 4.58. The minimum Gasteiger partial charge on any atom is -0.504 e. The summed E-state index contributed by atoms with van der Waals surface area (Å²) in [6.07, 6.45) is -0.884. The van der Waals surface area contributed by atoms with Gasteiger partial charge in [-0.2, -0.15) is 0 Å². The van der Waals surface area contributed by atoms with E-state index >= 15 is 4.39 Å². The topological polar surface area (TPSA) is 152 Å². The molecular formula is C30H38FN3O8. The Morgan fingerprint density at radius 2 is 1.83 bits per heavy atom. The molecule has 2 aromatic carbocycles. The highest BCUT2D eigenvalue weighted by atomic mass is 19.1. The highest BCUT2D eigenvalue weighted by Gasteiger charge is 2.30. The minimum atomic E-state index is -1.17. The van der Waals surface area contributed by atoms with Crippen LogP contribution in [0.4, 0.5) is 9.18 Å². The molecule has 4 bridgehead atoms. The number of esters is 1. The van der Waals surface area contributed by atoms with Crippen LogP contribution in [0, 0.1) is 11.7 Å². The minimum absolute atomic E-state index is 0.0108. The average molecular weight is 588 g/mol. The van der Waals surface area contributed by atoms with Gasteiger partial charge in [0.2, 0.25) is 5.91 Å². The van der Waals surface area contributed by atoms with Crippen molar-refractivity contribution >= 4 is 23.8 Å². The van der Waals surface area contributed by atoms with Gasteiger partial charge in [0.1, 0.15) is 24.0 Å². The van der Waals surface area contributed by atoms with Crippen LogP contribution in [0.25, 0.3) is 11.1 Å². The Morgan fingerprint density at radius 1 is 1.12 bits per heavy atom. The van der Waals surface area contributed by atoms with E-state index in [1.54, 1.807) is 52.9 Å². The van der Waals surface area contributed by atoms with Gasteiger partial charge in [-0.1, -0.05) is 13.0 Å². The van der Waals surface area contributed by atoms with E-state index in [-0.39, 0.29) is 48.7 Å². The Balaban J connectivity index is 2.07. The molecule has 0 fully saturated rings. The summed E-state index contributed by atoms with van der Waals surface area (Å²) in [5.41, 5.74) is 0.448. The molecule has 1 aliphatic rings. The number of Topliss-reactive ketones (excluding diaryl/α,β-unsaturated/α-hetero) is 1. The number of fused-ring (bicyclic) bond motifs is 5. The smallest absolute Gasteiger partial charge is 0.407 e. The third kappa shape index (κ3) is 8.19. The van der Waals surface area contributed by atoms with Gasteiger partial charge < -0.3 is 35.3 Å². The monoisotopic (exact) mass is 587 g/mol. The van der Waals surface area contributed by atoms with Crippen molar-refractivity contribution in [1.82, 2.24) is 16.0 Å². The molecule has 2 aromatic rings. The number of rotatable bonds is 6. The number of phenolic OH excluding ortho intramolecular Hbond substituents is 1. The van der Waals surface area contributed by atoms with Crippen LogP contribution in [0.5, 0.6) is 11.5 Å². The molecule has 0 aromatic heterocycles. The van der Waals surface area contributed by atoms with Crippen LogP contribution < -0.4 is 20.7 Å². The van der Waals surface area contributed by atoms with E-state index in [1.807, 2.05) is 0 Å². The molecule has 11 nitrogen and oxygen atoms in total. The second kappa shape index (κ2) is 13.6. The second-order valence-electron chi connectivity index (χ2n) is 11.1. The largest absolute Gasteiger partial charge is 0.504 e. The van der Waals surface area contributed by atoms with E-state index in [2.05, 4.69) is 16.0 Å². The van der Waals surface area contributed by atoms with Crippen molar-refractivity contribution in [3.05, 3.63) is 47.3 Å². The van der Waals surface area contributed by atoms with Gasteiger partial charge in [0, 0.05) is 29.9 Å². The first-order valence-corrected chi connectivity index (χ1v) is 13.6. The molecule has 0 saturated heterocycles. The maximum atomic E-state index is 15.1. The number of ketones is 1. The van der Waals surface area contributed by atoms with Crippen molar-refractivity contribution in [2.45, 2.75) is 58.2 Å². The summed E-state index contributed by atoms with van der Waals surface area (Å²) in [6.45, 7) is 6.90. The first-order chi connectivity index (χ1) is 19.7. The zero-order chi connectivity index (χ0) is 31.2. The molecule has 3 atom stereocenters. The average Bonchev–Trinajstić information content (AvgIpc) is 2.91. The Hall–Kier alpha value is -4.19. The number of hydrogen-bond donors (Lipinski definition) is 4. The number of methoxy groups -OCH3 is 1. The van der Waals surface area contributed by atoms with Gasteiger partial charge in [0.15, 0.2) is 17.3 Å². The van der Waals surface area contributed by atoms with Crippen molar-refractivity contribution in [1.29, 1.82) is 0 Å². The van der Waals surface area contributed by atoms with Crippen molar-refractivity contribution < 1.29 is 42.9 Å². The number of alkyl carbamates (subject to hydrolysis) is 1. The van der Waals surface area contributed by atoms with E-state index in [0.717, 1.165) is 6.07 Å². The number of likely N-dealkylation sites (N-methyl/N-ethyl adjacent to an activating group) is 1. The normalized spacial score (nSPS) is 19.3. The lowest BCUT2D eigenvalue weighted by molar-refractivity contribution is -0.145. The standard InChI is InChI=1S/C30H38FN3O8/c1-16-11-23(35)25(32-5)18-7-8-24(41-10-9-33-29(39)42-30(2,3)4)19(15-18)20-12-17(13-21(31)26(20)36)14-22(28(38)40-6)34-27(16)37/h7-8,12-13,15-16,22,25,32,36H,9-11,14H2,1-6H3,(H,33,39)(H,34,37)/t16-,22+,25+/m1/s1. The molecule has 42 heavy (non-hydrogen) atoms. The molecule has 0 spiro atoms. The first kappa shape index (κ1) is 32.3. The summed E-state index contributed by atoms with van der Waals surface area (Å²) in [4.78, 5) is 50.7. The number of carbonyl (C=O) groups excluding carboxylic acids is 4. The number of aromatic hydroxyl groups is 1. The molecule has 0 saturated carbocycles. The van der Waals surface area contributed by atoms with Gasteiger partial charge in [-0.05, 0) is 63.2 Å². The van der Waals surface area contributed by atoms with E-state index in [1.165, 1.54) is 13.2 Å². The van der Waals surface area contributed by atoms with Crippen molar-refractivity contribution in [3.8, 4) is 22.6 Å². The second-order valence-corrected chi connectivity index (χ2v) is 11.1. The first-order valence-electron chi connectivity index (χ1n) is 13.6. The quantitative estimate of drug-likeness (QED) is 0.295. The predicted octanol–water partition coefficient (Wildman–Crippen LogP) is 3.17. The predicted molar refractivity (Wildman–Crippen MR) is 151 cm³/mol. The van der Waals surface area contributed by atoms with Crippen LogP contribution in [0.1, 0.15) is 51.3 Å². The number of amides is 2. The Labute approximate surface area is 244 Å². The maximum absolute atomic E-state index is 15.1. The van der Waals surface area contributed by atoms with Crippen LogP contribution in [0.3, 0.4) is 0 Å². The van der Waals surface area contributed by atoms with Crippen molar-refractivity contribution in [2.75, 3.05) is 27.3 Å². The van der Waals surface area contributed by atoms with E-state index in [9.17, 15) is 24.3 Å². The summed E-state index contributed by atoms with van der Waals surface area (Å²) in [7, 11) is 2.76. The number of halogens is 1. The lowest BCUT2D eigenvalue weighted by atomic mass is 9.90. The highest BCUT2D eigenvalue weighted by molar-refractivity contribution is 5.92. The highest BCUT2D eigenvalue weighted by Crippen LogP contribution is 2.40. The number of ether oxygens (including phenoxy) is 3. The van der Waals surface area contributed by atoms with Gasteiger partial charge in [0.25, 0.3) is 0 Å². The summed E-state index contributed by atoms with van der Waals surface area (Å²) in [5, 5.41) is 18.9. The molecule has 1 heterocycles. The van der Waals surface area contributed by atoms with Crippen LogP contribution in [-0.2, 0) is 30.3 Å². The molecule has 2 amide bonds. The molecule has 12 heteroatoms. The lowest BCUT2D eigenvalue weighted by Crippen LogP contribution is -2.45. The van der Waals surface area contributed by atoms with Gasteiger partial charge in [-0.15, -0.1) is 0 Å². The Bertz CT molecular complexity index is 1340. The number of benzene rings is 2. The molecular weight excluding hydrogens is 549 g/mol. The molecule has 0 aliphatic carbocycles. The number of nitrogens with one attached hydrogen (secondary N) is 3. The molecule has 228 valence electrons. The van der Waals surface area contributed by atoms with Gasteiger partial charge in [0.05, 0.1) is 19.7 Å². The van der Waals surface area contributed by atoms with Crippen molar-refractivity contribution in [2.24, 2.45) is 5.92 Å². The van der Waals surface area contributed by atoms with Crippen molar-refractivity contribution in [3.63, 3.8) is 0 Å². The number of phenols is 1. The summed E-state index contributed by atoms with van der Waals surface area (Å²) >= 11 is 0. The van der Waals surface area contributed by atoms with Gasteiger partial charge in [-0.25, -0.2) is 14.0 Å². The van der Waals surface area contributed by atoms with E-state index in [4.69, 9.17) is 14.2 Å². The van der Waals surface area contributed by atoms with Crippen LogP contribution in [0.15, 0.2) is 30.3 Å². The molecule has 1 aliphatic heterocycles.